The summed E-state index contributed by atoms with van der Waals surface area (Å²) in [4.78, 5) is 35.0. The molecule has 11 nitrogen and oxygen atoms in total. The number of halogens is 2. The fourth-order valence-electron chi connectivity index (χ4n) is 4.28. The maximum absolute atomic E-state index is 13.6. The molecule has 208 valence electrons. The number of amides is 1. The number of esters is 1. The Balaban J connectivity index is 1.52. The molecule has 1 saturated heterocycles. The molecule has 1 amide bonds. The molecule has 4 rings (SSSR count). The lowest BCUT2D eigenvalue weighted by atomic mass is 9.92. The van der Waals surface area contributed by atoms with E-state index >= 15 is 0 Å². The average molecular weight is 537 g/mol. The van der Waals surface area contributed by atoms with Crippen molar-refractivity contribution in [2.45, 2.75) is 83.5 Å². The molecular weight excluding hydrogens is 502 g/mol. The molecule has 1 aliphatic carbocycles. The summed E-state index contributed by atoms with van der Waals surface area (Å²) in [6, 6.07) is 2.90. The normalized spacial score (nSPS) is 19.7. The zero-order valence-electron chi connectivity index (χ0n) is 22.1. The van der Waals surface area contributed by atoms with Crippen molar-refractivity contribution in [3.8, 4) is 11.8 Å². The first-order valence-electron chi connectivity index (χ1n) is 12.8. The predicted octanol–water partition coefficient (Wildman–Crippen LogP) is 4.22. The number of carbonyl (C=O) groups is 2. The van der Waals surface area contributed by atoms with E-state index < -0.39 is 23.6 Å². The van der Waals surface area contributed by atoms with Gasteiger partial charge in [0.2, 0.25) is 11.8 Å². The van der Waals surface area contributed by atoms with Crippen LogP contribution in [0.15, 0.2) is 18.3 Å². The van der Waals surface area contributed by atoms with Gasteiger partial charge in [0.25, 0.3) is 5.95 Å². The lowest BCUT2D eigenvalue weighted by molar-refractivity contribution is -0.0361. The lowest BCUT2D eigenvalue weighted by Gasteiger charge is -2.29. The number of carbonyl (C=O) groups excluding carboxylic acids is 2. The summed E-state index contributed by atoms with van der Waals surface area (Å²) < 4.78 is 45.1. The summed E-state index contributed by atoms with van der Waals surface area (Å²) in [5.41, 5.74) is -0.512. The summed E-state index contributed by atoms with van der Waals surface area (Å²) in [5, 5.41) is 7.43. The molecule has 0 bridgehead atoms. The van der Waals surface area contributed by atoms with E-state index in [4.69, 9.17) is 14.2 Å². The Morgan fingerprint density at radius 2 is 1.92 bits per heavy atom. The van der Waals surface area contributed by atoms with Gasteiger partial charge in [-0.25, -0.2) is 23.1 Å². The Morgan fingerprint density at radius 3 is 2.61 bits per heavy atom. The number of rotatable bonds is 7. The summed E-state index contributed by atoms with van der Waals surface area (Å²) in [6.07, 6.45) is 1.55. The largest absolute Gasteiger partial charge is 0.472 e. The van der Waals surface area contributed by atoms with Gasteiger partial charge in [-0.15, -0.1) is 0 Å². The number of likely N-dealkylation sites (tertiary alicyclic amines) is 1. The number of nitrogens with zero attached hydrogens (tertiary/aromatic N) is 5. The molecule has 1 aliphatic heterocycles. The summed E-state index contributed by atoms with van der Waals surface area (Å²) >= 11 is 0. The number of alkyl halides is 2. The van der Waals surface area contributed by atoms with Crippen molar-refractivity contribution in [2.24, 2.45) is 0 Å². The minimum atomic E-state index is -2.65. The molecule has 2 fully saturated rings. The maximum Gasteiger partial charge on any atom is 0.410 e. The van der Waals surface area contributed by atoms with Gasteiger partial charge in [0, 0.05) is 44.1 Å². The monoisotopic (exact) mass is 536 g/mol. The highest BCUT2D eigenvalue weighted by Gasteiger charge is 2.35. The number of anilines is 1. The van der Waals surface area contributed by atoms with Crippen molar-refractivity contribution < 1.29 is 32.6 Å². The van der Waals surface area contributed by atoms with Crippen molar-refractivity contribution in [1.29, 1.82) is 0 Å². The van der Waals surface area contributed by atoms with Crippen LogP contribution in [0.1, 0.15) is 70.3 Å². The standard InChI is InChI=1S/C25H34F2N6O5/c1-5-36-21(34)18-9-13-33(31-18)22-29-19(28-16-6-10-25(26,27)11-7-16)14-20(30-22)37-17-8-12-32(15-17)23(35)38-24(2,3)4/h9,13-14,16-17H,5-8,10-12,15H2,1-4H3,(H,28,29,30). The van der Waals surface area contributed by atoms with Gasteiger partial charge in [-0.2, -0.15) is 15.1 Å². The number of hydrogen-bond donors (Lipinski definition) is 1. The molecule has 1 N–H and O–H groups in total. The van der Waals surface area contributed by atoms with Crippen molar-refractivity contribution in [3.63, 3.8) is 0 Å². The van der Waals surface area contributed by atoms with Crippen LogP contribution in [0.2, 0.25) is 0 Å². The maximum atomic E-state index is 13.6. The molecule has 3 heterocycles. The average Bonchev–Trinajstić information content (AvgIpc) is 3.50. The van der Waals surface area contributed by atoms with Gasteiger partial charge in [-0.3, -0.25) is 0 Å². The van der Waals surface area contributed by atoms with Gasteiger partial charge in [0.15, 0.2) is 5.69 Å². The van der Waals surface area contributed by atoms with Gasteiger partial charge in [-0.05, 0) is 46.6 Å². The number of nitrogens with one attached hydrogen (secondary N) is 1. The van der Waals surface area contributed by atoms with Crippen LogP contribution >= 0.6 is 0 Å². The van der Waals surface area contributed by atoms with E-state index in [1.54, 1.807) is 17.9 Å². The Labute approximate surface area is 219 Å². The lowest BCUT2D eigenvalue weighted by Crippen LogP contribution is -2.36. The predicted molar refractivity (Wildman–Crippen MR) is 133 cm³/mol. The van der Waals surface area contributed by atoms with Crippen LogP contribution in [-0.4, -0.2) is 80.1 Å². The van der Waals surface area contributed by atoms with Crippen LogP contribution in [0.5, 0.6) is 5.88 Å². The van der Waals surface area contributed by atoms with Crippen LogP contribution in [0, 0.1) is 0 Å². The fourth-order valence-corrected chi connectivity index (χ4v) is 4.28. The molecule has 13 heteroatoms. The van der Waals surface area contributed by atoms with Crippen molar-refractivity contribution in [2.75, 3.05) is 25.0 Å². The topological polar surface area (TPSA) is 121 Å². The molecule has 38 heavy (non-hydrogen) atoms. The van der Waals surface area contributed by atoms with Crippen LogP contribution in [0.25, 0.3) is 5.95 Å². The second kappa shape index (κ2) is 11.1. The Hall–Kier alpha value is -3.51. The van der Waals surface area contributed by atoms with Crippen LogP contribution in [0.4, 0.5) is 19.4 Å². The molecule has 0 aromatic carbocycles. The zero-order valence-corrected chi connectivity index (χ0v) is 22.1. The van der Waals surface area contributed by atoms with Crippen LogP contribution in [0.3, 0.4) is 0 Å². The second-order valence-corrected chi connectivity index (χ2v) is 10.5. The first kappa shape index (κ1) is 27.5. The molecule has 1 atom stereocenters. The van der Waals surface area contributed by atoms with Gasteiger partial charge in [-0.1, -0.05) is 0 Å². The summed E-state index contributed by atoms with van der Waals surface area (Å²) in [7, 11) is 0. The van der Waals surface area contributed by atoms with E-state index in [0.29, 0.717) is 38.2 Å². The van der Waals surface area contributed by atoms with Crippen molar-refractivity contribution in [3.05, 3.63) is 24.0 Å². The number of hydrogen-bond acceptors (Lipinski definition) is 9. The molecule has 1 saturated carbocycles. The van der Waals surface area contributed by atoms with E-state index in [-0.39, 0.29) is 49.1 Å². The summed E-state index contributed by atoms with van der Waals surface area (Å²) in [5.74, 6) is -2.49. The molecule has 0 radical (unpaired) electrons. The quantitative estimate of drug-likeness (QED) is 0.519. The third kappa shape index (κ3) is 7.29. The zero-order chi connectivity index (χ0) is 27.5. The summed E-state index contributed by atoms with van der Waals surface area (Å²) in [6.45, 7) is 8.13. The van der Waals surface area contributed by atoms with E-state index in [1.165, 1.54) is 16.9 Å². The molecule has 0 spiro atoms. The highest BCUT2D eigenvalue weighted by molar-refractivity contribution is 5.87. The van der Waals surface area contributed by atoms with E-state index in [2.05, 4.69) is 20.4 Å². The van der Waals surface area contributed by atoms with Crippen LogP contribution < -0.4 is 10.1 Å². The van der Waals surface area contributed by atoms with Gasteiger partial charge >= 0.3 is 12.1 Å². The Kier molecular flexibility index (Phi) is 8.02. The molecular formula is C25H34F2N6O5. The first-order chi connectivity index (χ1) is 17.9. The fraction of sp³-hybridized carbons (Fsp3) is 0.640. The molecule has 2 aromatic heterocycles. The SMILES string of the molecule is CCOC(=O)c1ccn(-c2nc(NC3CCC(F)(F)CC3)cc(OC3CCN(C(=O)OC(C)(C)C)C3)n2)n1. The Bertz CT molecular complexity index is 1140. The van der Waals surface area contributed by atoms with Crippen LogP contribution in [-0.2, 0) is 9.47 Å². The van der Waals surface area contributed by atoms with E-state index in [9.17, 15) is 18.4 Å². The van der Waals surface area contributed by atoms with E-state index in [1.807, 2.05) is 20.8 Å². The minimum absolute atomic E-state index is 0.0922. The van der Waals surface area contributed by atoms with Crippen molar-refractivity contribution >= 4 is 17.9 Å². The van der Waals surface area contributed by atoms with Gasteiger partial charge in [0.05, 0.1) is 13.2 Å². The first-order valence-corrected chi connectivity index (χ1v) is 12.8. The molecule has 2 aliphatic rings. The third-order valence-electron chi connectivity index (χ3n) is 6.12. The number of ether oxygens (including phenoxy) is 3. The number of aromatic nitrogens is 4. The Morgan fingerprint density at radius 1 is 1.18 bits per heavy atom. The van der Waals surface area contributed by atoms with Crippen molar-refractivity contribution in [1.82, 2.24) is 24.6 Å². The van der Waals surface area contributed by atoms with Gasteiger partial charge < -0.3 is 24.4 Å². The third-order valence-corrected chi connectivity index (χ3v) is 6.12. The molecule has 1 unspecified atom stereocenters. The minimum Gasteiger partial charge on any atom is -0.472 e. The molecule has 2 aromatic rings. The van der Waals surface area contributed by atoms with E-state index in [0.717, 1.165) is 0 Å². The smallest absolute Gasteiger partial charge is 0.410 e. The second-order valence-electron chi connectivity index (χ2n) is 10.5. The highest BCUT2D eigenvalue weighted by atomic mass is 19.3. The highest BCUT2D eigenvalue weighted by Crippen LogP contribution is 2.34. The van der Waals surface area contributed by atoms with Gasteiger partial charge in [0.1, 0.15) is 17.5 Å².